The smallest absolute Gasteiger partial charge is 0.262 e. The van der Waals surface area contributed by atoms with Crippen LogP contribution in [0.25, 0.3) is 0 Å². The number of aromatic nitrogens is 2. The number of anilines is 1. The van der Waals surface area contributed by atoms with Crippen LogP contribution in [0.5, 0.6) is 17.2 Å². The molecular formula is C40H41N5O7. The molecule has 1 saturated carbocycles. The van der Waals surface area contributed by atoms with E-state index in [-0.39, 0.29) is 41.5 Å². The molecule has 52 heavy (non-hydrogen) atoms. The van der Waals surface area contributed by atoms with Crippen molar-refractivity contribution in [1.29, 1.82) is 0 Å². The molecule has 2 fully saturated rings. The van der Waals surface area contributed by atoms with E-state index in [1.54, 1.807) is 37.5 Å². The number of carbonyl (C=O) groups is 4. The third-order valence-electron chi connectivity index (χ3n) is 10.5. The Balaban J connectivity index is 0.940. The van der Waals surface area contributed by atoms with Gasteiger partial charge in [0.2, 0.25) is 11.8 Å². The predicted octanol–water partition coefficient (Wildman–Crippen LogP) is 5.85. The van der Waals surface area contributed by atoms with Gasteiger partial charge in [0.25, 0.3) is 11.8 Å². The van der Waals surface area contributed by atoms with Crippen molar-refractivity contribution >= 4 is 29.3 Å². The fraction of sp³-hybridized carbons (Fsp3) is 0.350. The zero-order valence-electron chi connectivity index (χ0n) is 29.3. The Kier molecular flexibility index (Phi) is 9.50. The van der Waals surface area contributed by atoms with Crippen molar-refractivity contribution in [3.8, 4) is 17.2 Å². The van der Waals surface area contributed by atoms with E-state index in [0.29, 0.717) is 23.0 Å². The Morgan fingerprint density at radius 3 is 2.08 bits per heavy atom. The third-order valence-corrected chi connectivity index (χ3v) is 10.5. The van der Waals surface area contributed by atoms with Gasteiger partial charge in [-0.05, 0) is 79.8 Å². The number of nitrogens with zero attached hydrogens (tertiary/aromatic N) is 3. The highest BCUT2D eigenvalue weighted by atomic mass is 16.5. The average molecular weight is 704 g/mol. The van der Waals surface area contributed by atoms with Crippen LogP contribution in [-0.2, 0) is 15.0 Å². The van der Waals surface area contributed by atoms with Crippen LogP contribution in [0.15, 0.2) is 79.1 Å². The minimum atomic E-state index is -0.990. The molecule has 4 aromatic rings. The number of carbonyl (C=O) groups excluding carboxylic acids is 4. The van der Waals surface area contributed by atoms with E-state index in [1.165, 1.54) is 11.1 Å². The molecule has 1 aromatic heterocycles. The lowest BCUT2D eigenvalue weighted by Gasteiger charge is -2.37. The number of aliphatic hydroxyl groups excluding tert-OH is 1. The van der Waals surface area contributed by atoms with Crippen molar-refractivity contribution < 1.29 is 33.8 Å². The van der Waals surface area contributed by atoms with Gasteiger partial charge in [0.1, 0.15) is 29.7 Å². The lowest BCUT2D eigenvalue weighted by atomic mass is 9.70. The second-order valence-electron chi connectivity index (χ2n) is 13.7. The molecule has 12 nitrogen and oxygen atoms in total. The molecule has 3 heterocycles. The Bertz CT molecular complexity index is 1990. The number of benzene rings is 3. The SMILES string of the molecule is CCC(CC)(c1ccc(Oc2cnc(C(C)O)nc2)cc1)c1ccc(O[C@H]2C[C@H](Nc3ccc4c(c3)C(=O)N(C3CCC(=O)NC3=O)C4=O)C2)cc1. The summed E-state index contributed by atoms with van der Waals surface area (Å²) < 4.78 is 12.3. The molecule has 3 aliphatic rings. The number of hydrogen-bond acceptors (Lipinski definition) is 10. The van der Waals surface area contributed by atoms with Crippen LogP contribution in [0.1, 0.15) is 103 Å². The van der Waals surface area contributed by atoms with Gasteiger partial charge in [-0.25, -0.2) is 9.97 Å². The summed E-state index contributed by atoms with van der Waals surface area (Å²) >= 11 is 0. The van der Waals surface area contributed by atoms with Crippen LogP contribution in [-0.4, -0.2) is 61.8 Å². The molecule has 2 aliphatic heterocycles. The standard InChI is InChI=1S/C40H41N5O7/c1-4-40(5-2,25-8-13-29(14-9-25)52-31-21-41-36(23(3)46)42-22-31)24-6-11-28(12-7-24)51-30-18-27(19-30)43-26-10-15-32-33(20-26)39(50)45(38(32)49)34-16-17-35(47)44-37(34)48/h6-15,20-23,27,30,34,43,46H,4-5,16-19H2,1-3H3,(H,44,47,48)/t23?,27-,30-,34?. The maximum absolute atomic E-state index is 13.2. The van der Waals surface area contributed by atoms with Gasteiger partial charge >= 0.3 is 0 Å². The fourth-order valence-corrected chi connectivity index (χ4v) is 7.43. The molecule has 0 spiro atoms. The van der Waals surface area contributed by atoms with Crippen molar-refractivity contribution in [3.63, 3.8) is 0 Å². The third kappa shape index (κ3) is 6.61. The second kappa shape index (κ2) is 14.2. The molecule has 0 radical (unpaired) electrons. The monoisotopic (exact) mass is 703 g/mol. The molecule has 268 valence electrons. The maximum atomic E-state index is 13.2. The highest BCUT2D eigenvalue weighted by Gasteiger charge is 2.45. The first-order valence-corrected chi connectivity index (χ1v) is 17.8. The second-order valence-corrected chi connectivity index (χ2v) is 13.7. The first-order chi connectivity index (χ1) is 25.1. The summed E-state index contributed by atoms with van der Waals surface area (Å²) in [6.07, 6.45) is 5.96. The van der Waals surface area contributed by atoms with Crippen LogP contribution in [0, 0.1) is 0 Å². The van der Waals surface area contributed by atoms with Gasteiger partial charge in [-0.1, -0.05) is 38.1 Å². The number of imide groups is 2. The van der Waals surface area contributed by atoms with E-state index in [2.05, 4.69) is 58.7 Å². The van der Waals surface area contributed by atoms with Crippen LogP contribution in [0.4, 0.5) is 5.69 Å². The summed E-state index contributed by atoms with van der Waals surface area (Å²) in [7, 11) is 0. The van der Waals surface area contributed by atoms with Gasteiger partial charge < -0.3 is 19.9 Å². The summed E-state index contributed by atoms with van der Waals surface area (Å²) in [6, 6.07) is 20.6. The molecular weight excluding hydrogens is 662 g/mol. The van der Waals surface area contributed by atoms with Crippen molar-refractivity contribution in [3.05, 3.63) is 107 Å². The Morgan fingerprint density at radius 1 is 0.865 bits per heavy atom. The van der Waals surface area contributed by atoms with Crippen LogP contribution in [0.2, 0.25) is 0 Å². The quantitative estimate of drug-likeness (QED) is 0.153. The summed E-state index contributed by atoms with van der Waals surface area (Å²) in [5, 5.41) is 15.3. The van der Waals surface area contributed by atoms with Gasteiger partial charge in [-0.2, -0.15) is 0 Å². The fourth-order valence-electron chi connectivity index (χ4n) is 7.43. The number of piperidine rings is 1. The molecule has 0 bridgehead atoms. The summed E-state index contributed by atoms with van der Waals surface area (Å²) in [5.74, 6) is 0.247. The van der Waals surface area contributed by atoms with Crippen LogP contribution in [0.3, 0.4) is 0 Å². The minimum Gasteiger partial charge on any atom is -0.490 e. The largest absolute Gasteiger partial charge is 0.490 e. The normalized spacial score (nSPS) is 20.5. The number of fused-ring (bicyclic) bond motifs is 1. The number of nitrogens with one attached hydrogen (secondary N) is 2. The van der Waals surface area contributed by atoms with E-state index in [0.717, 1.165) is 36.3 Å². The van der Waals surface area contributed by atoms with Gasteiger partial charge in [0.05, 0.1) is 23.5 Å². The van der Waals surface area contributed by atoms with Gasteiger partial charge in [-0.3, -0.25) is 29.4 Å². The molecule has 12 heteroatoms. The molecule has 2 unspecified atom stereocenters. The topological polar surface area (TPSA) is 160 Å². The molecule has 3 aromatic carbocycles. The van der Waals surface area contributed by atoms with E-state index in [1.807, 2.05) is 24.3 Å². The number of aliphatic hydroxyl groups is 1. The van der Waals surface area contributed by atoms with E-state index in [9.17, 15) is 24.3 Å². The highest BCUT2D eigenvalue weighted by molar-refractivity contribution is 6.23. The number of ether oxygens (including phenoxy) is 2. The van der Waals surface area contributed by atoms with E-state index >= 15 is 0 Å². The van der Waals surface area contributed by atoms with Crippen LogP contribution >= 0.6 is 0 Å². The van der Waals surface area contributed by atoms with Crippen molar-refractivity contribution in [2.75, 3.05) is 5.32 Å². The lowest BCUT2D eigenvalue weighted by Crippen LogP contribution is -2.54. The average Bonchev–Trinajstić information content (AvgIpc) is 3.37. The van der Waals surface area contributed by atoms with E-state index in [4.69, 9.17) is 9.47 Å². The van der Waals surface area contributed by atoms with E-state index < -0.39 is 35.8 Å². The van der Waals surface area contributed by atoms with Gasteiger partial charge in [-0.15, -0.1) is 0 Å². The maximum Gasteiger partial charge on any atom is 0.262 e. The molecule has 1 saturated heterocycles. The number of hydrogen-bond donors (Lipinski definition) is 3. The molecule has 4 amide bonds. The Morgan fingerprint density at radius 2 is 1.48 bits per heavy atom. The lowest BCUT2D eigenvalue weighted by molar-refractivity contribution is -0.136. The molecule has 7 rings (SSSR count). The zero-order valence-corrected chi connectivity index (χ0v) is 29.3. The summed E-state index contributed by atoms with van der Waals surface area (Å²) in [5.41, 5.74) is 3.43. The molecule has 2 atom stereocenters. The van der Waals surface area contributed by atoms with Gasteiger partial charge in [0, 0.05) is 36.4 Å². The highest BCUT2D eigenvalue weighted by Crippen LogP contribution is 2.41. The number of amides is 4. The first-order valence-electron chi connectivity index (χ1n) is 17.8. The van der Waals surface area contributed by atoms with Crippen molar-refractivity contribution in [1.82, 2.24) is 20.2 Å². The number of rotatable bonds is 12. The minimum absolute atomic E-state index is 0.0345. The first kappa shape index (κ1) is 34.8. The Hall–Kier alpha value is -5.62. The Labute approximate surface area is 301 Å². The van der Waals surface area contributed by atoms with Crippen LogP contribution < -0.4 is 20.1 Å². The van der Waals surface area contributed by atoms with Gasteiger partial charge in [0.15, 0.2) is 11.6 Å². The summed E-state index contributed by atoms with van der Waals surface area (Å²) in [6.45, 7) is 6.01. The molecule has 3 N–H and O–H groups in total. The zero-order chi connectivity index (χ0) is 36.6. The summed E-state index contributed by atoms with van der Waals surface area (Å²) in [4.78, 5) is 59.4. The predicted molar refractivity (Wildman–Crippen MR) is 191 cm³/mol. The van der Waals surface area contributed by atoms with Crippen molar-refractivity contribution in [2.45, 2.75) is 89.0 Å². The molecule has 1 aliphatic carbocycles. The van der Waals surface area contributed by atoms with Crippen molar-refractivity contribution in [2.24, 2.45) is 0 Å².